The molecule has 0 saturated carbocycles. The molecular weight excluding hydrogens is 376 g/mol. The Morgan fingerprint density at radius 1 is 1.04 bits per heavy atom. The fraction of sp³-hybridized carbons (Fsp3) is 0.150. The number of nitrogens with zero attached hydrogens (tertiary/aromatic N) is 3. The van der Waals surface area contributed by atoms with Crippen molar-refractivity contribution in [3.05, 3.63) is 66.5 Å². The van der Waals surface area contributed by atoms with E-state index in [1.807, 2.05) is 24.3 Å². The summed E-state index contributed by atoms with van der Waals surface area (Å²) in [6, 6.07) is 14.1. The van der Waals surface area contributed by atoms with E-state index >= 15 is 0 Å². The SMILES string of the molecule is CCOC(=O)c1ccccc1NC(=O)CSc1ccc(-c2ccncc2)nn1. The number of aromatic nitrogens is 3. The zero-order valence-electron chi connectivity index (χ0n) is 15.2. The van der Waals surface area contributed by atoms with Crippen molar-refractivity contribution in [2.75, 3.05) is 17.7 Å². The zero-order valence-corrected chi connectivity index (χ0v) is 16.0. The molecule has 0 radical (unpaired) electrons. The van der Waals surface area contributed by atoms with E-state index in [0.717, 1.165) is 11.3 Å². The Bertz CT molecular complexity index is 949. The molecule has 8 heteroatoms. The van der Waals surface area contributed by atoms with Crippen molar-refractivity contribution >= 4 is 29.3 Å². The van der Waals surface area contributed by atoms with Crippen LogP contribution in [0.4, 0.5) is 5.69 Å². The summed E-state index contributed by atoms with van der Waals surface area (Å²) in [5, 5.41) is 11.7. The summed E-state index contributed by atoms with van der Waals surface area (Å²) in [7, 11) is 0. The fourth-order valence-electron chi connectivity index (χ4n) is 2.38. The molecule has 1 amide bonds. The van der Waals surface area contributed by atoms with Gasteiger partial charge in [-0.05, 0) is 43.3 Å². The summed E-state index contributed by atoms with van der Waals surface area (Å²) in [5.74, 6) is -0.578. The number of anilines is 1. The maximum Gasteiger partial charge on any atom is 0.340 e. The molecule has 3 rings (SSSR count). The lowest BCUT2D eigenvalue weighted by molar-refractivity contribution is -0.113. The molecule has 0 aliphatic rings. The Balaban J connectivity index is 1.59. The predicted octanol–water partition coefficient (Wildman–Crippen LogP) is 3.45. The molecule has 1 N–H and O–H groups in total. The molecule has 0 bridgehead atoms. The first kappa shape index (κ1) is 19.5. The van der Waals surface area contributed by atoms with E-state index < -0.39 is 5.97 Å². The van der Waals surface area contributed by atoms with Gasteiger partial charge in [0.25, 0.3) is 0 Å². The number of carbonyl (C=O) groups excluding carboxylic acids is 2. The van der Waals surface area contributed by atoms with Gasteiger partial charge in [0.05, 0.1) is 29.3 Å². The van der Waals surface area contributed by atoms with Crippen LogP contribution >= 0.6 is 11.8 Å². The van der Waals surface area contributed by atoms with E-state index in [1.54, 1.807) is 43.6 Å². The highest BCUT2D eigenvalue weighted by molar-refractivity contribution is 7.99. The molecule has 3 aromatic rings. The lowest BCUT2D eigenvalue weighted by Gasteiger charge is -2.10. The molecule has 0 saturated heterocycles. The van der Waals surface area contributed by atoms with Gasteiger partial charge in [0.2, 0.25) is 5.91 Å². The maximum absolute atomic E-state index is 12.3. The highest BCUT2D eigenvalue weighted by Gasteiger charge is 2.14. The van der Waals surface area contributed by atoms with Gasteiger partial charge in [-0.1, -0.05) is 23.9 Å². The van der Waals surface area contributed by atoms with Crippen LogP contribution in [-0.4, -0.2) is 39.4 Å². The first-order chi connectivity index (χ1) is 13.7. The monoisotopic (exact) mass is 394 g/mol. The summed E-state index contributed by atoms with van der Waals surface area (Å²) in [6.07, 6.45) is 3.39. The molecular formula is C20H18N4O3S. The van der Waals surface area contributed by atoms with Crippen LogP contribution in [-0.2, 0) is 9.53 Å². The van der Waals surface area contributed by atoms with Gasteiger partial charge in [0.1, 0.15) is 5.03 Å². The molecule has 0 fully saturated rings. The second kappa shape index (κ2) is 9.61. The average molecular weight is 394 g/mol. The minimum Gasteiger partial charge on any atom is -0.462 e. The standard InChI is InChI=1S/C20H18N4O3S/c1-2-27-20(26)15-5-3-4-6-17(15)22-18(25)13-28-19-8-7-16(23-24-19)14-9-11-21-12-10-14/h3-12H,2,13H2,1H3,(H,22,25). The van der Waals surface area contributed by atoms with Crippen LogP contribution in [0.3, 0.4) is 0 Å². The van der Waals surface area contributed by atoms with Crippen molar-refractivity contribution in [1.82, 2.24) is 15.2 Å². The Hall–Kier alpha value is -3.26. The molecule has 0 aliphatic carbocycles. The third kappa shape index (κ3) is 5.14. The Morgan fingerprint density at radius 3 is 2.54 bits per heavy atom. The lowest BCUT2D eigenvalue weighted by Crippen LogP contribution is -2.17. The van der Waals surface area contributed by atoms with Crippen molar-refractivity contribution in [3.8, 4) is 11.3 Å². The van der Waals surface area contributed by atoms with Gasteiger partial charge in [-0.2, -0.15) is 0 Å². The van der Waals surface area contributed by atoms with Crippen molar-refractivity contribution < 1.29 is 14.3 Å². The summed E-state index contributed by atoms with van der Waals surface area (Å²) in [5.41, 5.74) is 2.40. The normalized spacial score (nSPS) is 10.3. The average Bonchev–Trinajstić information content (AvgIpc) is 2.74. The molecule has 28 heavy (non-hydrogen) atoms. The van der Waals surface area contributed by atoms with Crippen LogP contribution in [0.15, 0.2) is 66.0 Å². The third-order valence-electron chi connectivity index (χ3n) is 3.66. The maximum atomic E-state index is 12.3. The third-order valence-corrected chi connectivity index (χ3v) is 4.58. The summed E-state index contributed by atoms with van der Waals surface area (Å²) < 4.78 is 5.01. The number of hydrogen-bond acceptors (Lipinski definition) is 7. The Labute approximate surface area is 166 Å². The minimum atomic E-state index is -0.469. The minimum absolute atomic E-state index is 0.139. The van der Waals surface area contributed by atoms with Gasteiger partial charge < -0.3 is 10.1 Å². The Kier molecular flexibility index (Phi) is 6.69. The number of pyridine rings is 1. The number of hydrogen-bond donors (Lipinski definition) is 1. The Morgan fingerprint density at radius 2 is 1.82 bits per heavy atom. The van der Waals surface area contributed by atoms with Crippen LogP contribution < -0.4 is 5.32 Å². The molecule has 7 nitrogen and oxygen atoms in total. The topological polar surface area (TPSA) is 94.1 Å². The number of carbonyl (C=O) groups is 2. The van der Waals surface area contributed by atoms with Crippen molar-refractivity contribution in [1.29, 1.82) is 0 Å². The van der Waals surface area contributed by atoms with Crippen molar-refractivity contribution in [2.24, 2.45) is 0 Å². The van der Waals surface area contributed by atoms with E-state index in [1.165, 1.54) is 11.8 Å². The highest BCUT2D eigenvalue weighted by Crippen LogP contribution is 2.20. The van der Waals surface area contributed by atoms with Crippen LogP contribution in [0.25, 0.3) is 11.3 Å². The van der Waals surface area contributed by atoms with E-state index in [4.69, 9.17) is 4.74 Å². The van der Waals surface area contributed by atoms with Gasteiger partial charge in [-0.25, -0.2) is 4.79 Å². The number of benzene rings is 1. The number of nitrogens with one attached hydrogen (secondary N) is 1. The molecule has 0 aliphatic heterocycles. The van der Waals surface area contributed by atoms with Gasteiger partial charge in [-0.3, -0.25) is 9.78 Å². The highest BCUT2D eigenvalue weighted by atomic mass is 32.2. The molecule has 0 spiro atoms. The first-order valence-corrected chi connectivity index (χ1v) is 9.59. The van der Waals surface area contributed by atoms with Crippen LogP contribution in [0.5, 0.6) is 0 Å². The number of rotatable bonds is 7. The van der Waals surface area contributed by atoms with E-state index in [0.29, 0.717) is 16.3 Å². The summed E-state index contributed by atoms with van der Waals surface area (Å²) >= 11 is 1.26. The molecule has 2 aromatic heterocycles. The second-order valence-electron chi connectivity index (χ2n) is 5.60. The van der Waals surface area contributed by atoms with E-state index in [9.17, 15) is 9.59 Å². The number of esters is 1. The second-order valence-corrected chi connectivity index (χ2v) is 6.59. The van der Waals surface area contributed by atoms with Crippen LogP contribution in [0, 0.1) is 0 Å². The van der Waals surface area contributed by atoms with Gasteiger partial charge in [0, 0.05) is 18.0 Å². The number of amides is 1. The number of ether oxygens (including phenoxy) is 1. The summed E-state index contributed by atoms with van der Waals surface area (Å²) in [4.78, 5) is 28.2. The fourth-order valence-corrected chi connectivity index (χ4v) is 2.99. The van der Waals surface area contributed by atoms with Crippen molar-refractivity contribution in [3.63, 3.8) is 0 Å². The van der Waals surface area contributed by atoms with Gasteiger partial charge >= 0.3 is 5.97 Å². The first-order valence-electron chi connectivity index (χ1n) is 8.60. The number of thioether (sulfide) groups is 1. The van der Waals surface area contributed by atoms with Crippen LogP contribution in [0.1, 0.15) is 17.3 Å². The smallest absolute Gasteiger partial charge is 0.340 e. The largest absolute Gasteiger partial charge is 0.462 e. The van der Waals surface area contributed by atoms with E-state index in [-0.39, 0.29) is 18.3 Å². The quantitative estimate of drug-likeness (QED) is 0.484. The van der Waals surface area contributed by atoms with Crippen molar-refractivity contribution in [2.45, 2.75) is 11.9 Å². The zero-order chi connectivity index (χ0) is 19.8. The predicted molar refractivity (Wildman–Crippen MR) is 107 cm³/mol. The van der Waals surface area contributed by atoms with Gasteiger partial charge in [0.15, 0.2) is 0 Å². The molecule has 0 unspecified atom stereocenters. The molecule has 1 aromatic carbocycles. The molecule has 0 atom stereocenters. The number of para-hydroxylation sites is 1. The molecule has 2 heterocycles. The van der Waals surface area contributed by atoms with Crippen LogP contribution in [0.2, 0.25) is 0 Å². The lowest BCUT2D eigenvalue weighted by atomic mass is 10.2. The van der Waals surface area contributed by atoms with E-state index in [2.05, 4.69) is 20.5 Å². The van der Waals surface area contributed by atoms with Gasteiger partial charge in [-0.15, -0.1) is 10.2 Å². The summed E-state index contributed by atoms with van der Waals surface area (Å²) in [6.45, 7) is 2.00. The molecule has 142 valence electrons.